The number of benzene rings is 1. The number of hydrogen-bond acceptors (Lipinski definition) is 1. The molecule has 0 radical (unpaired) electrons. The molecule has 1 heterocycles. The zero-order chi connectivity index (χ0) is 10.0. The lowest BCUT2D eigenvalue weighted by molar-refractivity contribution is -0.0663. The second-order valence-corrected chi connectivity index (χ2v) is 4.46. The van der Waals surface area contributed by atoms with Crippen LogP contribution in [0.3, 0.4) is 0 Å². The zero-order valence-corrected chi connectivity index (χ0v) is 9.13. The van der Waals surface area contributed by atoms with Gasteiger partial charge in [0.2, 0.25) is 0 Å². The first kappa shape index (κ1) is 10.0. The molecule has 0 aromatic heterocycles. The van der Waals surface area contributed by atoms with Crippen molar-refractivity contribution in [2.45, 2.75) is 30.7 Å². The fraction of sp³-hybridized carbons (Fsp3) is 0.500. The fourth-order valence-corrected chi connectivity index (χ4v) is 2.29. The van der Waals surface area contributed by atoms with E-state index >= 15 is 0 Å². The molecule has 0 amide bonds. The van der Waals surface area contributed by atoms with Crippen LogP contribution in [0.5, 0.6) is 0 Å². The smallest absolute Gasteiger partial charge is 0.107 e. The van der Waals surface area contributed by atoms with Crippen molar-refractivity contribution in [3.8, 4) is 0 Å². The lowest BCUT2D eigenvalue weighted by Crippen LogP contribution is -2.40. The summed E-state index contributed by atoms with van der Waals surface area (Å²) in [5.74, 6) is 0. The molecular weight excluding hydrogens is 196 g/mol. The highest BCUT2D eigenvalue weighted by molar-refractivity contribution is 6.21. The van der Waals surface area contributed by atoms with E-state index in [0.717, 1.165) is 19.4 Å². The van der Waals surface area contributed by atoms with Gasteiger partial charge >= 0.3 is 0 Å². The summed E-state index contributed by atoms with van der Waals surface area (Å²) in [4.78, 5) is 0. The molecular formula is C12H15ClO. The van der Waals surface area contributed by atoms with Gasteiger partial charge in [-0.05, 0) is 25.3 Å². The maximum absolute atomic E-state index is 6.33. The number of ether oxygens (including phenoxy) is 1. The number of hydrogen-bond donors (Lipinski definition) is 0. The van der Waals surface area contributed by atoms with Gasteiger partial charge in [0.15, 0.2) is 0 Å². The molecule has 76 valence electrons. The van der Waals surface area contributed by atoms with Gasteiger partial charge in [0.25, 0.3) is 0 Å². The predicted octanol–water partition coefficient (Wildman–Crippen LogP) is 3.32. The molecule has 0 bridgehead atoms. The molecule has 14 heavy (non-hydrogen) atoms. The highest BCUT2D eigenvalue weighted by atomic mass is 35.5. The van der Waals surface area contributed by atoms with Crippen LogP contribution in [0, 0.1) is 0 Å². The Morgan fingerprint density at radius 1 is 1.36 bits per heavy atom. The molecule has 1 fully saturated rings. The van der Waals surface area contributed by atoms with E-state index < -0.39 is 0 Å². The maximum atomic E-state index is 6.33. The lowest BCUT2D eigenvalue weighted by Gasteiger charge is -2.38. The normalized spacial score (nSPS) is 32.9. The molecule has 2 rings (SSSR count). The molecule has 1 aliphatic heterocycles. The second-order valence-electron chi connectivity index (χ2n) is 3.93. The summed E-state index contributed by atoms with van der Waals surface area (Å²) < 4.78 is 5.83. The highest BCUT2D eigenvalue weighted by Gasteiger charge is 2.37. The van der Waals surface area contributed by atoms with Crippen LogP contribution in [-0.4, -0.2) is 12.0 Å². The highest BCUT2D eigenvalue weighted by Crippen LogP contribution is 2.38. The molecule has 1 aromatic rings. The Labute approximate surface area is 90.0 Å². The fourth-order valence-electron chi connectivity index (χ4n) is 1.95. The summed E-state index contributed by atoms with van der Waals surface area (Å²) in [7, 11) is 0. The van der Waals surface area contributed by atoms with E-state index in [0.29, 0.717) is 0 Å². The van der Waals surface area contributed by atoms with Crippen molar-refractivity contribution in [3.63, 3.8) is 0 Å². The van der Waals surface area contributed by atoms with E-state index in [9.17, 15) is 0 Å². The Morgan fingerprint density at radius 2 is 2.07 bits per heavy atom. The molecule has 0 spiro atoms. The molecule has 1 aliphatic rings. The Bertz CT molecular complexity index is 298. The van der Waals surface area contributed by atoms with Gasteiger partial charge in [0.05, 0.1) is 5.38 Å². The Hall–Kier alpha value is -0.530. The van der Waals surface area contributed by atoms with Gasteiger partial charge in [-0.3, -0.25) is 0 Å². The first-order valence-corrected chi connectivity index (χ1v) is 5.51. The van der Waals surface area contributed by atoms with Gasteiger partial charge in [-0.25, -0.2) is 0 Å². The van der Waals surface area contributed by atoms with E-state index in [2.05, 4.69) is 19.1 Å². The molecule has 0 aliphatic carbocycles. The van der Waals surface area contributed by atoms with Crippen LogP contribution in [0.15, 0.2) is 30.3 Å². The summed E-state index contributed by atoms with van der Waals surface area (Å²) >= 11 is 6.33. The third-order valence-corrected chi connectivity index (χ3v) is 3.58. The lowest BCUT2D eigenvalue weighted by atomic mass is 9.88. The minimum absolute atomic E-state index is 0.0821. The monoisotopic (exact) mass is 210 g/mol. The molecule has 0 N–H and O–H groups in total. The zero-order valence-electron chi connectivity index (χ0n) is 8.37. The Balaban J connectivity index is 2.30. The first-order valence-electron chi connectivity index (χ1n) is 5.07. The van der Waals surface area contributed by atoms with Crippen LogP contribution >= 0.6 is 11.6 Å². The summed E-state index contributed by atoms with van der Waals surface area (Å²) in [6.45, 7) is 2.90. The van der Waals surface area contributed by atoms with E-state index in [1.807, 2.05) is 18.2 Å². The van der Waals surface area contributed by atoms with E-state index in [1.165, 1.54) is 5.56 Å². The van der Waals surface area contributed by atoms with Gasteiger partial charge in [-0.2, -0.15) is 0 Å². The van der Waals surface area contributed by atoms with Crippen LogP contribution in [0.4, 0.5) is 0 Å². The second kappa shape index (κ2) is 3.92. The van der Waals surface area contributed by atoms with Crippen molar-refractivity contribution in [1.82, 2.24) is 0 Å². The van der Waals surface area contributed by atoms with E-state index in [-0.39, 0.29) is 11.0 Å². The molecule has 1 saturated heterocycles. The predicted molar refractivity (Wildman–Crippen MR) is 58.6 cm³/mol. The summed E-state index contributed by atoms with van der Waals surface area (Å²) in [6, 6.07) is 10.2. The van der Waals surface area contributed by atoms with Crippen molar-refractivity contribution in [2.24, 2.45) is 0 Å². The molecule has 1 nitrogen and oxygen atoms in total. The van der Waals surface area contributed by atoms with Gasteiger partial charge in [-0.15, -0.1) is 11.6 Å². The van der Waals surface area contributed by atoms with Crippen molar-refractivity contribution < 1.29 is 4.74 Å². The van der Waals surface area contributed by atoms with Crippen LogP contribution in [0.2, 0.25) is 0 Å². The van der Waals surface area contributed by atoms with Crippen molar-refractivity contribution in [2.75, 3.05) is 6.61 Å². The Morgan fingerprint density at radius 3 is 2.71 bits per heavy atom. The largest absolute Gasteiger partial charge is 0.369 e. The first-order chi connectivity index (χ1) is 6.73. The van der Waals surface area contributed by atoms with Gasteiger partial charge in [0, 0.05) is 6.61 Å². The van der Waals surface area contributed by atoms with Crippen LogP contribution in [-0.2, 0) is 10.3 Å². The van der Waals surface area contributed by atoms with Gasteiger partial charge in [0.1, 0.15) is 5.60 Å². The Kier molecular flexibility index (Phi) is 2.80. The SMILES string of the molecule is CC1(c2ccccc2)OCCCC1Cl. The molecule has 2 heteroatoms. The van der Waals surface area contributed by atoms with Crippen molar-refractivity contribution in [1.29, 1.82) is 0 Å². The standard InChI is InChI=1S/C12H15ClO/c1-12(10-6-3-2-4-7-10)11(13)8-5-9-14-12/h2-4,6-7,11H,5,8-9H2,1H3. The van der Waals surface area contributed by atoms with E-state index in [4.69, 9.17) is 16.3 Å². The number of halogens is 1. The third kappa shape index (κ3) is 1.67. The van der Waals surface area contributed by atoms with Crippen LogP contribution in [0.25, 0.3) is 0 Å². The summed E-state index contributed by atoms with van der Waals surface area (Å²) in [5.41, 5.74) is 0.876. The van der Waals surface area contributed by atoms with E-state index in [1.54, 1.807) is 0 Å². The topological polar surface area (TPSA) is 9.23 Å². The van der Waals surface area contributed by atoms with Crippen molar-refractivity contribution >= 4 is 11.6 Å². The van der Waals surface area contributed by atoms with Gasteiger partial charge in [-0.1, -0.05) is 30.3 Å². The molecule has 1 aromatic carbocycles. The quantitative estimate of drug-likeness (QED) is 0.647. The number of alkyl halides is 1. The van der Waals surface area contributed by atoms with Gasteiger partial charge < -0.3 is 4.74 Å². The third-order valence-electron chi connectivity index (χ3n) is 2.95. The van der Waals surface area contributed by atoms with Crippen LogP contribution < -0.4 is 0 Å². The molecule has 0 saturated carbocycles. The maximum Gasteiger partial charge on any atom is 0.107 e. The van der Waals surface area contributed by atoms with Crippen molar-refractivity contribution in [3.05, 3.63) is 35.9 Å². The van der Waals surface area contributed by atoms with Crippen LogP contribution in [0.1, 0.15) is 25.3 Å². The molecule has 2 atom stereocenters. The minimum atomic E-state index is -0.304. The minimum Gasteiger partial charge on any atom is -0.369 e. The molecule has 2 unspecified atom stereocenters. The summed E-state index contributed by atoms with van der Waals surface area (Å²) in [6.07, 6.45) is 2.10. The average Bonchev–Trinajstić information content (AvgIpc) is 2.24. The number of rotatable bonds is 1. The summed E-state index contributed by atoms with van der Waals surface area (Å²) in [5, 5.41) is 0.0821. The average molecular weight is 211 g/mol.